The number of alkyl halides is 3. The number of nitrogens with zero attached hydrogens (tertiary/aromatic N) is 3. The van der Waals surface area contributed by atoms with E-state index < -0.39 is 17.6 Å². The van der Waals surface area contributed by atoms with Crippen molar-refractivity contribution < 1.29 is 22.7 Å². The van der Waals surface area contributed by atoms with Crippen molar-refractivity contribution >= 4 is 33.7 Å². The fraction of sp³-hybridized carbons (Fsp3) is 0.250. The van der Waals surface area contributed by atoms with Crippen LogP contribution in [-0.4, -0.2) is 28.2 Å². The molecule has 2 aromatic heterocycles. The molecule has 1 N–H and O–H groups in total. The highest BCUT2D eigenvalue weighted by Crippen LogP contribution is 2.32. The zero-order valence-electron chi connectivity index (χ0n) is 14.1. The van der Waals surface area contributed by atoms with Gasteiger partial charge in [-0.3, -0.25) is 10.1 Å². The third kappa shape index (κ3) is 4.49. The van der Waals surface area contributed by atoms with E-state index in [4.69, 9.17) is 4.74 Å². The minimum atomic E-state index is -4.40. The fourth-order valence-electron chi connectivity index (χ4n) is 2.02. The molecule has 0 saturated heterocycles. The minimum Gasteiger partial charge on any atom is -0.374 e. The van der Waals surface area contributed by atoms with Crippen LogP contribution in [0.1, 0.15) is 34.1 Å². The topological polar surface area (TPSA) is 77.0 Å². The monoisotopic (exact) mass is 414 g/mol. The second kappa shape index (κ2) is 7.71. The maximum absolute atomic E-state index is 12.6. The summed E-state index contributed by atoms with van der Waals surface area (Å²) in [4.78, 5) is 16.5. The van der Waals surface area contributed by atoms with Crippen LogP contribution in [0.4, 0.5) is 18.3 Å². The Morgan fingerprint density at radius 2 is 1.93 bits per heavy atom. The van der Waals surface area contributed by atoms with Gasteiger partial charge in [0.2, 0.25) is 5.13 Å². The summed E-state index contributed by atoms with van der Waals surface area (Å²) in [6.07, 6.45) is -4.63. The van der Waals surface area contributed by atoms with Crippen molar-refractivity contribution in [2.24, 2.45) is 0 Å². The van der Waals surface area contributed by atoms with E-state index in [0.717, 1.165) is 23.5 Å². The van der Waals surface area contributed by atoms with Crippen LogP contribution >= 0.6 is 22.7 Å². The number of benzene rings is 1. The number of halogens is 3. The summed E-state index contributed by atoms with van der Waals surface area (Å²) in [6, 6.07) is 4.62. The van der Waals surface area contributed by atoms with Crippen molar-refractivity contribution in [2.45, 2.75) is 19.2 Å². The second-order valence-electron chi connectivity index (χ2n) is 5.39. The van der Waals surface area contributed by atoms with Crippen LogP contribution in [0.3, 0.4) is 0 Å². The number of carbonyl (C=O) groups excluding carboxylic acids is 1. The van der Waals surface area contributed by atoms with Crippen molar-refractivity contribution in [3.05, 3.63) is 45.9 Å². The second-order valence-corrected chi connectivity index (χ2v) is 7.26. The van der Waals surface area contributed by atoms with Gasteiger partial charge in [-0.15, -0.1) is 21.5 Å². The van der Waals surface area contributed by atoms with E-state index in [1.54, 1.807) is 7.11 Å². The average molecular weight is 414 g/mol. The third-order valence-electron chi connectivity index (χ3n) is 3.56. The Hall–Kier alpha value is -2.37. The number of hydrogen-bond acceptors (Lipinski definition) is 7. The van der Waals surface area contributed by atoms with E-state index >= 15 is 0 Å². The number of ether oxygens (including phenoxy) is 1. The SMILES string of the molecule is COC(C)c1nnc(NC(=O)c2csc(-c3ccc(C(F)(F)F)cc3)n2)s1. The Bertz CT molecular complexity index is 938. The number of thiazole rings is 1. The van der Waals surface area contributed by atoms with E-state index in [0.29, 0.717) is 20.7 Å². The predicted octanol–water partition coefficient (Wildman–Crippen LogP) is 4.64. The lowest BCUT2D eigenvalue weighted by atomic mass is 10.1. The average Bonchev–Trinajstić information content (AvgIpc) is 3.30. The lowest BCUT2D eigenvalue weighted by Gasteiger charge is -2.06. The summed E-state index contributed by atoms with van der Waals surface area (Å²) >= 11 is 2.35. The molecule has 0 aliphatic carbocycles. The van der Waals surface area contributed by atoms with Crippen molar-refractivity contribution in [2.75, 3.05) is 12.4 Å². The molecule has 6 nitrogen and oxygen atoms in total. The number of aromatic nitrogens is 3. The molecule has 1 atom stereocenters. The van der Waals surface area contributed by atoms with E-state index in [2.05, 4.69) is 20.5 Å². The minimum absolute atomic E-state index is 0.145. The van der Waals surface area contributed by atoms with Crippen molar-refractivity contribution in [3.63, 3.8) is 0 Å². The van der Waals surface area contributed by atoms with Crippen LogP contribution < -0.4 is 5.32 Å². The van der Waals surface area contributed by atoms with Gasteiger partial charge in [-0.05, 0) is 19.1 Å². The number of nitrogens with one attached hydrogen (secondary N) is 1. The van der Waals surface area contributed by atoms with Gasteiger partial charge in [-0.1, -0.05) is 23.5 Å². The molecule has 3 aromatic rings. The highest BCUT2D eigenvalue weighted by atomic mass is 32.1. The van der Waals surface area contributed by atoms with Gasteiger partial charge in [0.05, 0.1) is 5.56 Å². The van der Waals surface area contributed by atoms with Gasteiger partial charge < -0.3 is 4.74 Å². The van der Waals surface area contributed by atoms with Gasteiger partial charge >= 0.3 is 6.18 Å². The zero-order valence-corrected chi connectivity index (χ0v) is 15.7. The summed E-state index contributed by atoms with van der Waals surface area (Å²) in [5, 5.41) is 13.3. The molecule has 0 bridgehead atoms. The fourth-order valence-corrected chi connectivity index (χ4v) is 3.60. The first-order valence-corrected chi connectivity index (χ1v) is 9.28. The number of anilines is 1. The van der Waals surface area contributed by atoms with Crippen molar-refractivity contribution in [1.82, 2.24) is 15.2 Å². The molecule has 2 heterocycles. The molecule has 1 aromatic carbocycles. The summed E-state index contributed by atoms with van der Waals surface area (Å²) in [7, 11) is 1.54. The maximum atomic E-state index is 12.6. The molecular formula is C16H13F3N4O2S2. The van der Waals surface area contributed by atoms with Crippen LogP contribution in [0.25, 0.3) is 10.6 Å². The van der Waals surface area contributed by atoms with Crippen LogP contribution in [-0.2, 0) is 10.9 Å². The van der Waals surface area contributed by atoms with Gasteiger partial charge in [-0.2, -0.15) is 13.2 Å². The van der Waals surface area contributed by atoms with E-state index in [9.17, 15) is 18.0 Å². The Morgan fingerprint density at radius 3 is 2.56 bits per heavy atom. The summed E-state index contributed by atoms with van der Waals surface area (Å²) < 4.78 is 43.0. The highest BCUT2D eigenvalue weighted by molar-refractivity contribution is 7.15. The van der Waals surface area contributed by atoms with E-state index in [1.165, 1.54) is 28.8 Å². The molecule has 0 aliphatic rings. The molecular weight excluding hydrogens is 401 g/mol. The molecule has 142 valence electrons. The Kier molecular flexibility index (Phi) is 5.53. The van der Waals surface area contributed by atoms with Crippen molar-refractivity contribution in [3.8, 4) is 10.6 Å². The first kappa shape index (κ1) is 19.4. The van der Waals surface area contributed by atoms with Gasteiger partial charge in [0, 0.05) is 18.1 Å². The summed E-state index contributed by atoms with van der Waals surface area (Å²) in [5.41, 5.74) is -0.0938. The molecule has 27 heavy (non-hydrogen) atoms. The summed E-state index contributed by atoms with van der Waals surface area (Å²) in [6.45, 7) is 1.81. The number of rotatable bonds is 5. The summed E-state index contributed by atoms with van der Waals surface area (Å²) in [5.74, 6) is -0.475. The molecule has 0 radical (unpaired) electrons. The molecule has 1 amide bonds. The molecule has 1 unspecified atom stereocenters. The largest absolute Gasteiger partial charge is 0.416 e. The first-order valence-electron chi connectivity index (χ1n) is 7.58. The zero-order chi connectivity index (χ0) is 19.6. The maximum Gasteiger partial charge on any atom is 0.416 e. The number of methoxy groups -OCH3 is 1. The highest BCUT2D eigenvalue weighted by Gasteiger charge is 2.30. The molecule has 0 saturated carbocycles. The van der Waals surface area contributed by atoms with Crippen LogP contribution in [0.15, 0.2) is 29.6 Å². The van der Waals surface area contributed by atoms with Crippen LogP contribution in [0.5, 0.6) is 0 Å². The Labute approximate surface area is 160 Å². The smallest absolute Gasteiger partial charge is 0.374 e. The predicted molar refractivity (Wildman–Crippen MR) is 95.8 cm³/mol. The number of hydrogen-bond donors (Lipinski definition) is 1. The standard InChI is InChI=1S/C16H13F3N4O2S2/c1-8(25-2)13-22-23-15(27-13)21-12(24)11-7-26-14(20-11)9-3-5-10(6-4-9)16(17,18)19/h3-8H,1-2H3,(H,21,23,24). The lowest BCUT2D eigenvalue weighted by molar-refractivity contribution is -0.137. The quantitative estimate of drug-likeness (QED) is 0.658. The lowest BCUT2D eigenvalue weighted by Crippen LogP contribution is -2.12. The van der Waals surface area contributed by atoms with Gasteiger partial charge in [0.1, 0.15) is 21.8 Å². The third-order valence-corrected chi connectivity index (χ3v) is 5.45. The van der Waals surface area contributed by atoms with Crippen molar-refractivity contribution in [1.29, 1.82) is 0 Å². The number of amides is 1. The van der Waals surface area contributed by atoms with Gasteiger partial charge in [0.15, 0.2) is 0 Å². The molecule has 3 rings (SSSR count). The first-order chi connectivity index (χ1) is 12.8. The van der Waals surface area contributed by atoms with Crippen LogP contribution in [0.2, 0.25) is 0 Å². The Balaban J connectivity index is 1.71. The molecule has 0 aliphatic heterocycles. The van der Waals surface area contributed by atoms with Crippen LogP contribution in [0, 0.1) is 0 Å². The van der Waals surface area contributed by atoms with E-state index in [-0.39, 0.29) is 11.8 Å². The van der Waals surface area contributed by atoms with Gasteiger partial charge in [0.25, 0.3) is 5.91 Å². The number of carbonyl (C=O) groups is 1. The molecule has 0 spiro atoms. The normalized spacial score (nSPS) is 12.8. The van der Waals surface area contributed by atoms with E-state index in [1.807, 2.05) is 6.92 Å². The molecule has 11 heteroatoms. The van der Waals surface area contributed by atoms with Gasteiger partial charge in [-0.25, -0.2) is 4.98 Å². The Morgan fingerprint density at radius 1 is 1.22 bits per heavy atom. The molecule has 0 fully saturated rings.